The van der Waals surface area contributed by atoms with Crippen LogP contribution in [0.3, 0.4) is 0 Å². The minimum absolute atomic E-state index is 0.211. The van der Waals surface area contributed by atoms with Crippen LogP contribution in [0.15, 0.2) is 0 Å². The number of nitrogens with zero attached hydrogens (tertiary/aromatic N) is 2. The fourth-order valence-electron chi connectivity index (χ4n) is 3.82. The number of hydrogen-bond acceptors (Lipinski definition) is 3. The van der Waals surface area contributed by atoms with Gasteiger partial charge in [0.05, 0.1) is 25.2 Å². The molecule has 0 aromatic carbocycles. The maximum absolute atomic E-state index is 8.58. The number of nitriles is 1. The Morgan fingerprint density at radius 2 is 2.12 bits per heavy atom. The summed E-state index contributed by atoms with van der Waals surface area (Å²) in [6.07, 6.45) is 4.49. The van der Waals surface area contributed by atoms with Gasteiger partial charge < -0.3 is 4.74 Å². The molecule has 0 amide bonds. The van der Waals surface area contributed by atoms with E-state index in [0.29, 0.717) is 25.0 Å². The van der Waals surface area contributed by atoms with E-state index in [4.69, 9.17) is 10.00 Å². The lowest BCUT2D eigenvalue weighted by molar-refractivity contribution is -0.177. The van der Waals surface area contributed by atoms with E-state index in [-0.39, 0.29) is 11.1 Å². The molecule has 3 rings (SSSR count). The molecule has 17 heavy (non-hydrogen) atoms. The Bertz CT molecular complexity index is 329. The fourth-order valence-corrected chi connectivity index (χ4v) is 3.82. The maximum atomic E-state index is 8.58. The highest BCUT2D eigenvalue weighted by Gasteiger charge is 2.56. The van der Waals surface area contributed by atoms with Crippen LogP contribution in [-0.4, -0.2) is 35.7 Å². The Kier molecular flexibility index (Phi) is 3.22. The van der Waals surface area contributed by atoms with Gasteiger partial charge in [-0.05, 0) is 47.1 Å². The number of hydrogen-bond donors (Lipinski definition) is 0. The molecule has 3 unspecified atom stereocenters. The van der Waals surface area contributed by atoms with E-state index in [0.717, 1.165) is 6.42 Å². The standard InChI is InChI=1S/C14H24N2O/c1-13(2)11-6-7-14(3,16(13)4)10-12(11)17-9-5-8-15/h11-12H,5-7,9-10H2,1-4H3. The summed E-state index contributed by atoms with van der Waals surface area (Å²) in [6, 6.07) is 2.15. The quantitative estimate of drug-likeness (QED) is 0.707. The third kappa shape index (κ3) is 1.98. The Morgan fingerprint density at radius 3 is 2.71 bits per heavy atom. The van der Waals surface area contributed by atoms with Crippen LogP contribution in [-0.2, 0) is 4.74 Å². The first-order chi connectivity index (χ1) is 7.92. The van der Waals surface area contributed by atoms with Gasteiger partial charge in [-0.15, -0.1) is 0 Å². The van der Waals surface area contributed by atoms with Crippen LogP contribution < -0.4 is 0 Å². The van der Waals surface area contributed by atoms with Crippen LogP contribution in [0.2, 0.25) is 0 Å². The highest BCUT2D eigenvalue weighted by atomic mass is 16.5. The van der Waals surface area contributed by atoms with E-state index in [1.165, 1.54) is 12.8 Å². The summed E-state index contributed by atoms with van der Waals surface area (Å²) in [5.41, 5.74) is 0.484. The smallest absolute Gasteiger partial charge is 0.0645 e. The van der Waals surface area contributed by atoms with Crippen LogP contribution in [0.4, 0.5) is 0 Å². The zero-order valence-corrected chi connectivity index (χ0v) is 11.5. The minimum Gasteiger partial charge on any atom is -0.377 e. The van der Waals surface area contributed by atoms with Gasteiger partial charge in [-0.3, -0.25) is 4.90 Å². The molecule has 2 heterocycles. The first-order valence-corrected chi connectivity index (χ1v) is 6.64. The van der Waals surface area contributed by atoms with Gasteiger partial charge in [-0.2, -0.15) is 5.26 Å². The van der Waals surface area contributed by atoms with E-state index in [1.54, 1.807) is 0 Å². The monoisotopic (exact) mass is 236 g/mol. The summed E-state index contributed by atoms with van der Waals surface area (Å²) in [4.78, 5) is 2.54. The van der Waals surface area contributed by atoms with Crippen LogP contribution in [0.25, 0.3) is 0 Å². The van der Waals surface area contributed by atoms with Gasteiger partial charge in [-0.1, -0.05) is 0 Å². The molecule has 2 saturated heterocycles. The van der Waals surface area contributed by atoms with Crippen molar-refractivity contribution >= 4 is 0 Å². The van der Waals surface area contributed by atoms with E-state index in [1.807, 2.05) is 0 Å². The molecule has 0 aromatic rings. The Balaban J connectivity index is 2.10. The van der Waals surface area contributed by atoms with Crippen molar-refractivity contribution in [3.8, 4) is 6.07 Å². The molecule has 3 atom stereocenters. The number of fused-ring (bicyclic) bond motifs is 3. The number of piperidine rings is 2. The van der Waals surface area contributed by atoms with Crippen molar-refractivity contribution in [2.75, 3.05) is 13.7 Å². The molecule has 0 spiro atoms. The van der Waals surface area contributed by atoms with Crippen molar-refractivity contribution in [2.45, 2.75) is 63.6 Å². The molecule has 1 saturated carbocycles. The lowest BCUT2D eigenvalue weighted by atomic mass is 9.61. The zero-order chi connectivity index (χ0) is 12.7. The van der Waals surface area contributed by atoms with Crippen molar-refractivity contribution < 1.29 is 4.74 Å². The summed E-state index contributed by atoms with van der Waals surface area (Å²) in [7, 11) is 2.25. The lowest BCUT2D eigenvalue weighted by Gasteiger charge is -2.63. The molecule has 3 heteroatoms. The van der Waals surface area contributed by atoms with Crippen LogP contribution in [0.5, 0.6) is 0 Å². The number of rotatable bonds is 3. The number of ether oxygens (including phenoxy) is 1. The predicted molar refractivity (Wildman–Crippen MR) is 67.6 cm³/mol. The topological polar surface area (TPSA) is 36.3 Å². The van der Waals surface area contributed by atoms with Gasteiger partial charge in [0.2, 0.25) is 0 Å². The Labute approximate surface area is 105 Å². The average Bonchev–Trinajstić information content (AvgIpc) is 2.26. The van der Waals surface area contributed by atoms with Gasteiger partial charge in [-0.25, -0.2) is 0 Å². The summed E-state index contributed by atoms with van der Waals surface area (Å²) >= 11 is 0. The molecule has 1 aliphatic carbocycles. The van der Waals surface area contributed by atoms with Gasteiger partial charge in [0.25, 0.3) is 0 Å². The third-order valence-corrected chi connectivity index (χ3v) is 5.21. The van der Waals surface area contributed by atoms with E-state index < -0.39 is 0 Å². The Morgan fingerprint density at radius 1 is 1.41 bits per heavy atom. The minimum atomic E-state index is 0.211. The molecular weight excluding hydrogens is 212 g/mol. The SMILES string of the molecule is CN1C2(C)CCC(C(OCCC#N)C2)C1(C)C. The van der Waals surface area contributed by atoms with Gasteiger partial charge in [0.15, 0.2) is 0 Å². The molecule has 0 aromatic heterocycles. The van der Waals surface area contributed by atoms with Crippen molar-refractivity contribution in [3.63, 3.8) is 0 Å². The Hall–Kier alpha value is -0.590. The van der Waals surface area contributed by atoms with Gasteiger partial charge >= 0.3 is 0 Å². The van der Waals surface area contributed by atoms with E-state index >= 15 is 0 Å². The van der Waals surface area contributed by atoms with Gasteiger partial charge in [0.1, 0.15) is 0 Å². The zero-order valence-electron chi connectivity index (χ0n) is 11.5. The summed E-state index contributed by atoms with van der Waals surface area (Å²) in [5, 5.41) is 8.58. The molecule has 3 aliphatic rings. The van der Waals surface area contributed by atoms with E-state index in [9.17, 15) is 0 Å². The van der Waals surface area contributed by atoms with Crippen LogP contribution >= 0.6 is 0 Å². The summed E-state index contributed by atoms with van der Waals surface area (Å²) in [6.45, 7) is 7.60. The van der Waals surface area contributed by atoms with Crippen molar-refractivity contribution in [1.82, 2.24) is 4.90 Å². The highest BCUT2D eigenvalue weighted by molar-refractivity contribution is 5.10. The summed E-state index contributed by atoms with van der Waals surface area (Å²) in [5.74, 6) is 0.605. The van der Waals surface area contributed by atoms with Crippen molar-refractivity contribution in [3.05, 3.63) is 0 Å². The predicted octanol–water partition coefficient (Wildman–Crippen LogP) is 2.57. The molecule has 0 N–H and O–H groups in total. The van der Waals surface area contributed by atoms with Gasteiger partial charge in [0, 0.05) is 17.0 Å². The molecule has 96 valence electrons. The molecule has 3 nitrogen and oxygen atoms in total. The second-order valence-corrected chi connectivity index (χ2v) is 6.38. The molecular formula is C14H24N2O. The van der Waals surface area contributed by atoms with Crippen LogP contribution in [0, 0.1) is 17.2 Å². The second-order valence-electron chi connectivity index (χ2n) is 6.38. The average molecular weight is 236 g/mol. The van der Waals surface area contributed by atoms with Crippen molar-refractivity contribution in [1.29, 1.82) is 5.26 Å². The van der Waals surface area contributed by atoms with E-state index in [2.05, 4.69) is 38.8 Å². The molecule has 2 bridgehead atoms. The fraction of sp³-hybridized carbons (Fsp3) is 0.929. The molecule has 0 radical (unpaired) electrons. The lowest BCUT2D eigenvalue weighted by Crippen LogP contribution is -2.70. The highest BCUT2D eigenvalue weighted by Crippen LogP contribution is 2.51. The van der Waals surface area contributed by atoms with Crippen molar-refractivity contribution in [2.24, 2.45) is 5.92 Å². The third-order valence-electron chi connectivity index (χ3n) is 5.21. The molecule has 2 aliphatic heterocycles. The summed E-state index contributed by atoms with van der Waals surface area (Å²) < 4.78 is 5.96. The second kappa shape index (κ2) is 4.26. The molecule has 3 fully saturated rings. The first kappa shape index (κ1) is 12.9. The largest absolute Gasteiger partial charge is 0.377 e. The van der Waals surface area contributed by atoms with Crippen LogP contribution in [0.1, 0.15) is 46.5 Å². The normalized spacial score (nSPS) is 40.2. The maximum Gasteiger partial charge on any atom is 0.0645 e. The first-order valence-electron chi connectivity index (χ1n) is 6.64.